The Labute approximate surface area is 168 Å². The lowest BCUT2D eigenvalue weighted by atomic mass is 10.1. The first-order chi connectivity index (χ1) is 13.5. The summed E-state index contributed by atoms with van der Waals surface area (Å²) in [5.74, 6) is -0.626. The lowest BCUT2D eigenvalue weighted by molar-refractivity contribution is 0.0954. The van der Waals surface area contributed by atoms with Crippen LogP contribution in [0.4, 0.5) is 5.69 Å². The molecule has 0 saturated carbocycles. The molecule has 0 aliphatic heterocycles. The molecule has 142 valence electrons. The van der Waals surface area contributed by atoms with E-state index in [9.17, 15) is 9.59 Å². The number of nitrogens with zero attached hydrogens (tertiary/aromatic N) is 1. The minimum Gasteiger partial charge on any atom is -0.352 e. The van der Waals surface area contributed by atoms with Crippen LogP contribution in [-0.2, 0) is 6.42 Å². The average molecular weight is 394 g/mol. The molecule has 0 unspecified atom stereocenters. The van der Waals surface area contributed by atoms with Gasteiger partial charge < -0.3 is 10.6 Å². The monoisotopic (exact) mass is 393 g/mol. The number of aryl methyl sites for hydroxylation is 1. The Morgan fingerprint density at radius 2 is 1.79 bits per heavy atom. The van der Waals surface area contributed by atoms with Crippen LogP contribution >= 0.6 is 11.6 Å². The van der Waals surface area contributed by atoms with Crippen LogP contribution in [0.2, 0.25) is 5.02 Å². The van der Waals surface area contributed by atoms with Crippen molar-refractivity contribution in [3.8, 4) is 0 Å². The molecule has 28 heavy (non-hydrogen) atoms. The quantitative estimate of drug-likeness (QED) is 0.657. The smallest absolute Gasteiger partial charge is 0.274 e. The molecule has 0 saturated heterocycles. The molecule has 1 heterocycles. The fourth-order valence-electron chi connectivity index (χ4n) is 2.72. The van der Waals surface area contributed by atoms with E-state index in [2.05, 4.69) is 15.6 Å². The molecule has 1 aromatic heterocycles. The summed E-state index contributed by atoms with van der Waals surface area (Å²) in [5, 5.41) is 6.26. The van der Waals surface area contributed by atoms with Crippen LogP contribution in [0.5, 0.6) is 0 Å². The molecule has 2 N–H and O–H groups in total. The first-order valence-electron chi connectivity index (χ1n) is 8.88. The van der Waals surface area contributed by atoms with Crippen molar-refractivity contribution in [3.05, 3.63) is 94.3 Å². The molecule has 0 fully saturated rings. The van der Waals surface area contributed by atoms with E-state index in [-0.39, 0.29) is 17.5 Å². The number of aromatic nitrogens is 1. The van der Waals surface area contributed by atoms with E-state index in [1.54, 1.807) is 24.3 Å². The molecule has 2 amide bonds. The average Bonchev–Trinajstić information content (AvgIpc) is 2.71. The van der Waals surface area contributed by atoms with Crippen molar-refractivity contribution in [3.63, 3.8) is 0 Å². The molecular weight excluding hydrogens is 374 g/mol. The fourth-order valence-corrected chi connectivity index (χ4v) is 2.94. The summed E-state index contributed by atoms with van der Waals surface area (Å²) in [4.78, 5) is 28.9. The van der Waals surface area contributed by atoms with Crippen LogP contribution in [0, 0.1) is 6.92 Å². The highest BCUT2D eigenvalue weighted by atomic mass is 35.5. The Hall–Kier alpha value is -3.18. The maximum atomic E-state index is 12.5. The predicted molar refractivity (Wildman–Crippen MR) is 111 cm³/mol. The lowest BCUT2D eigenvalue weighted by Crippen LogP contribution is -2.26. The number of hydrogen-bond donors (Lipinski definition) is 2. The van der Waals surface area contributed by atoms with Gasteiger partial charge in [-0.1, -0.05) is 41.9 Å². The molecule has 0 atom stereocenters. The second-order valence-electron chi connectivity index (χ2n) is 6.33. The third-order valence-electron chi connectivity index (χ3n) is 4.23. The van der Waals surface area contributed by atoms with Gasteiger partial charge in [0.1, 0.15) is 5.69 Å². The van der Waals surface area contributed by atoms with E-state index in [1.165, 1.54) is 12.3 Å². The van der Waals surface area contributed by atoms with Gasteiger partial charge in [0.25, 0.3) is 11.8 Å². The Kier molecular flexibility index (Phi) is 6.40. The first kappa shape index (κ1) is 19.6. The number of benzene rings is 2. The second kappa shape index (κ2) is 9.15. The highest BCUT2D eigenvalue weighted by molar-refractivity contribution is 6.30. The molecule has 6 heteroatoms. The summed E-state index contributed by atoms with van der Waals surface area (Å²) in [5.41, 5.74) is 3.20. The zero-order valence-corrected chi connectivity index (χ0v) is 16.2. The minimum atomic E-state index is -0.385. The van der Waals surface area contributed by atoms with E-state index in [0.717, 1.165) is 17.5 Å². The van der Waals surface area contributed by atoms with Crippen molar-refractivity contribution in [2.75, 3.05) is 11.9 Å². The molecule has 0 radical (unpaired) electrons. The van der Waals surface area contributed by atoms with E-state index in [0.29, 0.717) is 22.8 Å². The zero-order chi connectivity index (χ0) is 19.9. The van der Waals surface area contributed by atoms with Crippen molar-refractivity contribution >= 4 is 29.1 Å². The van der Waals surface area contributed by atoms with Gasteiger partial charge in [0, 0.05) is 29.0 Å². The lowest BCUT2D eigenvalue weighted by Gasteiger charge is -2.09. The summed E-state index contributed by atoms with van der Waals surface area (Å²) in [6.07, 6.45) is 2.19. The van der Waals surface area contributed by atoms with Crippen LogP contribution in [0.15, 0.2) is 66.9 Å². The highest BCUT2D eigenvalue weighted by Gasteiger charge is 2.13. The number of amides is 2. The summed E-state index contributed by atoms with van der Waals surface area (Å²) in [6.45, 7) is 2.36. The van der Waals surface area contributed by atoms with Crippen LogP contribution < -0.4 is 10.6 Å². The summed E-state index contributed by atoms with van der Waals surface area (Å²) >= 11 is 5.94. The van der Waals surface area contributed by atoms with Gasteiger partial charge in [-0.3, -0.25) is 14.6 Å². The van der Waals surface area contributed by atoms with Gasteiger partial charge in [0.05, 0.1) is 0 Å². The summed E-state index contributed by atoms with van der Waals surface area (Å²) in [7, 11) is 0. The summed E-state index contributed by atoms with van der Waals surface area (Å²) < 4.78 is 0. The van der Waals surface area contributed by atoms with E-state index < -0.39 is 0 Å². The van der Waals surface area contributed by atoms with E-state index in [4.69, 9.17) is 11.6 Å². The molecular formula is C22H20ClN3O2. The molecule has 0 bridgehead atoms. The first-order valence-corrected chi connectivity index (χ1v) is 9.26. The molecule has 5 nitrogen and oxygen atoms in total. The third kappa shape index (κ3) is 5.18. The number of pyridine rings is 1. The number of carbonyl (C=O) groups is 2. The predicted octanol–water partition coefficient (Wildman–Crippen LogP) is 4.27. The zero-order valence-electron chi connectivity index (χ0n) is 15.4. The standard InChI is InChI=1S/C22H20ClN3O2/c1-15-13-18(23)7-8-19(15)26-22(28)20-14-17(10-12-24-20)21(27)25-11-9-16-5-3-2-4-6-16/h2-8,10,12-14H,9,11H2,1H3,(H,25,27)(H,26,28). The maximum absolute atomic E-state index is 12.5. The molecule has 3 rings (SSSR count). The van der Waals surface area contributed by atoms with Crippen molar-refractivity contribution < 1.29 is 9.59 Å². The number of carbonyl (C=O) groups excluding carboxylic acids is 2. The molecule has 0 aliphatic carbocycles. The largest absolute Gasteiger partial charge is 0.352 e. The van der Waals surface area contributed by atoms with Crippen molar-refractivity contribution in [2.45, 2.75) is 13.3 Å². The topological polar surface area (TPSA) is 71.1 Å². The van der Waals surface area contributed by atoms with Crippen molar-refractivity contribution in [1.82, 2.24) is 10.3 Å². The van der Waals surface area contributed by atoms with Crippen molar-refractivity contribution in [2.24, 2.45) is 0 Å². The molecule has 3 aromatic rings. The van der Waals surface area contributed by atoms with Gasteiger partial charge in [-0.2, -0.15) is 0 Å². The van der Waals surface area contributed by atoms with Gasteiger partial charge in [-0.15, -0.1) is 0 Å². The number of rotatable bonds is 6. The normalized spacial score (nSPS) is 10.4. The van der Waals surface area contributed by atoms with Gasteiger partial charge in [0.15, 0.2) is 0 Å². The Bertz CT molecular complexity index is 990. The van der Waals surface area contributed by atoms with Crippen LogP contribution in [0.1, 0.15) is 32.0 Å². The summed E-state index contributed by atoms with van der Waals surface area (Å²) in [6, 6.07) is 18.2. The van der Waals surface area contributed by atoms with Crippen LogP contribution in [-0.4, -0.2) is 23.3 Å². The van der Waals surface area contributed by atoms with Gasteiger partial charge in [0.2, 0.25) is 0 Å². The van der Waals surface area contributed by atoms with Crippen LogP contribution in [0.25, 0.3) is 0 Å². The van der Waals surface area contributed by atoms with Crippen LogP contribution in [0.3, 0.4) is 0 Å². The number of hydrogen-bond acceptors (Lipinski definition) is 3. The molecule has 0 aliphatic rings. The fraction of sp³-hybridized carbons (Fsp3) is 0.136. The van der Waals surface area contributed by atoms with Gasteiger partial charge in [-0.25, -0.2) is 0 Å². The molecule has 0 spiro atoms. The second-order valence-corrected chi connectivity index (χ2v) is 6.77. The van der Waals surface area contributed by atoms with E-state index >= 15 is 0 Å². The third-order valence-corrected chi connectivity index (χ3v) is 4.47. The Morgan fingerprint density at radius 3 is 2.54 bits per heavy atom. The van der Waals surface area contributed by atoms with Crippen molar-refractivity contribution in [1.29, 1.82) is 0 Å². The van der Waals surface area contributed by atoms with Gasteiger partial charge in [-0.05, 0) is 54.8 Å². The molecule has 2 aromatic carbocycles. The number of anilines is 1. The van der Waals surface area contributed by atoms with E-state index in [1.807, 2.05) is 37.3 Å². The van der Waals surface area contributed by atoms with Gasteiger partial charge >= 0.3 is 0 Å². The number of halogens is 1. The minimum absolute atomic E-state index is 0.171. The Morgan fingerprint density at radius 1 is 1.00 bits per heavy atom. The number of nitrogens with one attached hydrogen (secondary N) is 2. The highest BCUT2D eigenvalue weighted by Crippen LogP contribution is 2.20. The SMILES string of the molecule is Cc1cc(Cl)ccc1NC(=O)c1cc(C(=O)NCCc2ccccc2)ccn1. The Balaban J connectivity index is 1.62. The maximum Gasteiger partial charge on any atom is 0.274 e.